The zero-order valence-corrected chi connectivity index (χ0v) is 22.2. The predicted octanol–water partition coefficient (Wildman–Crippen LogP) is 6.03. The van der Waals surface area contributed by atoms with Crippen LogP contribution in [-0.4, -0.2) is 40.2 Å². The summed E-state index contributed by atoms with van der Waals surface area (Å²) in [6.45, 7) is 0. The third-order valence-electron chi connectivity index (χ3n) is 5.78. The predicted molar refractivity (Wildman–Crippen MR) is 131 cm³/mol. The summed E-state index contributed by atoms with van der Waals surface area (Å²) < 4.78 is 90.1. The lowest BCUT2D eigenvalue weighted by molar-refractivity contribution is -0.274. The Kier molecular flexibility index (Phi) is 8.34. The van der Waals surface area contributed by atoms with Crippen molar-refractivity contribution < 1.29 is 40.3 Å². The van der Waals surface area contributed by atoms with Gasteiger partial charge in [0.1, 0.15) is 11.3 Å². The van der Waals surface area contributed by atoms with Gasteiger partial charge in [0.2, 0.25) is 17.7 Å². The number of ether oxygens (including phenoxy) is 1. The zero-order chi connectivity index (χ0) is 29.3. The number of amides is 1. The number of nitrogens with zero attached hydrogens (tertiary/aromatic N) is 3. The van der Waals surface area contributed by atoms with E-state index in [9.17, 15) is 36.4 Å². The molecule has 0 radical (unpaired) electrons. The summed E-state index contributed by atoms with van der Waals surface area (Å²) in [4.78, 5) is 13.1. The van der Waals surface area contributed by atoms with E-state index in [1.165, 1.54) is 0 Å². The monoisotopic (exact) mass is 651 g/mol. The molecule has 1 aliphatic carbocycles. The van der Waals surface area contributed by atoms with Crippen LogP contribution in [0.25, 0.3) is 11.5 Å². The van der Waals surface area contributed by atoms with E-state index < -0.39 is 59.2 Å². The van der Waals surface area contributed by atoms with Crippen LogP contribution in [0.4, 0.5) is 26.3 Å². The highest BCUT2D eigenvalue weighted by Crippen LogP contribution is 2.37. The Hall–Kier alpha value is -3.35. The summed E-state index contributed by atoms with van der Waals surface area (Å²) in [6, 6.07) is 7.01. The maximum Gasteiger partial charge on any atom is 0.573 e. The minimum Gasteiger partial charge on any atom is -0.419 e. The molecule has 0 saturated heterocycles. The van der Waals surface area contributed by atoms with E-state index in [-0.39, 0.29) is 11.5 Å². The molecule has 0 bridgehead atoms. The molecular formula is C24H17BrClF6N5O3. The van der Waals surface area contributed by atoms with Gasteiger partial charge in [0, 0.05) is 10.0 Å². The molecule has 2 aromatic carbocycles. The van der Waals surface area contributed by atoms with Gasteiger partial charge in [0.15, 0.2) is 6.04 Å². The third kappa shape index (κ3) is 7.43. The fourth-order valence-electron chi connectivity index (χ4n) is 3.62. The lowest BCUT2D eigenvalue weighted by Gasteiger charge is -2.26. The van der Waals surface area contributed by atoms with E-state index in [4.69, 9.17) is 16.0 Å². The molecule has 4 rings (SSSR count). The lowest BCUT2D eigenvalue weighted by Crippen LogP contribution is -2.52. The normalized spacial score (nSPS) is 16.1. The van der Waals surface area contributed by atoms with Gasteiger partial charge < -0.3 is 14.5 Å². The van der Waals surface area contributed by atoms with E-state index in [2.05, 4.69) is 41.5 Å². The molecule has 1 amide bonds. The standard InChI is InChI=1S/C24H17BrClF6N5O3/c25-14-4-2-13(3-5-14)20-36-37-21(39-20)18(23(27,28)29)34-16(19(38)35-22(11-33)7-8-22)10-12-1-6-17(15(26)9-12)40-24(30,31)32/h1-6,9,16,18,34H,7-8,10H2,(H,35,38)/t16-,18?/m0/s1. The number of nitrogens with one attached hydrogen (secondary N) is 2. The Morgan fingerprint density at radius 3 is 2.38 bits per heavy atom. The third-order valence-corrected chi connectivity index (χ3v) is 6.60. The summed E-state index contributed by atoms with van der Waals surface area (Å²) in [5, 5.41) is 20.7. The SMILES string of the molecule is N#CC1(NC(=O)[C@H](Cc2ccc(OC(F)(F)F)c(Cl)c2)NC(c2nnc(-c3ccc(Br)cc3)o2)C(F)(F)F)CC1. The summed E-state index contributed by atoms with van der Waals surface area (Å²) >= 11 is 9.12. The molecule has 0 spiro atoms. The van der Waals surface area contributed by atoms with E-state index in [1.807, 2.05) is 6.07 Å². The zero-order valence-electron chi connectivity index (χ0n) is 19.9. The van der Waals surface area contributed by atoms with E-state index in [0.717, 1.165) is 18.2 Å². The van der Waals surface area contributed by atoms with Crippen LogP contribution in [0.5, 0.6) is 5.75 Å². The molecule has 1 aliphatic rings. The maximum atomic E-state index is 14.2. The summed E-state index contributed by atoms with van der Waals surface area (Å²) in [7, 11) is 0. The van der Waals surface area contributed by atoms with Gasteiger partial charge in [0.25, 0.3) is 0 Å². The molecule has 1 saturated carbocycles. The molecule has 2 atom stereocenters. The first-order valence-electron chi connectivity index (χ1n) is 11.4. The highest BCUT2D eigenvalue weighted by Gasteiger charge is 2.49. The maximum absolute atomic E-state index is 14.2. The highest BCUT2D eigenvalue weighted by atomic mass is 79.9. The number of aromatic nitrogens is 2. The molecule has 40 heavy (non-hydrogen) atoms. The van der Waals surface area contributed by atoms with Gasteiger partial charge in [-0.25, -0.2) is 0 Å². The van der Waals surface area contributed by atoms with Gasteiger partial charge in [0.05, 0.1) is 17.1 Å². The van der Waals surface area contributed by atoms with Crippen molar-refractivity contribution in [3.63, 3.8) is 0 Å². The topological polar surface area (TPSA) is 113 Å². The molecule has 0 aliphatic heterocycles. The number of hydrogen-bond donors (Lipinski definition) is 2. The molecule has 2 N–H and O–H groups in total. The second kappa shape index (κ2) is 11.3. The minimum atomic E-state index is -5.02. The number of hydrogen-bond acceptors (Lipinski definition) is 7. The summed E-state index contributed by atoms with van der Waals surface area (Å²) in [5.74, 6) is -2.76. The number of halogens is 8. The first kappa shape index (κ1) is 29.6. The molecular weight excluding hydrogens is 636 g/mol. The van der Waals surface area contributed by atoms with E-state index in [1.54, 1.807) is 24.3 Å². The number of rotatable bonds is 9. The Bertz CT molecular complexity index is 1420. The Balaban J connectivity index is 1.63. The van der Waals surface area contributed by atoms with Crippen LogP contribution in [-0.2, 0) is 11.2 Å². The molecule has 8 nitrogen and oxygen atoms in total. The number of alkyl halides is 6. The number of carbonyl (C=O) groups excluding carboxylic acids is 1. The van der Waals surface area contributed by atoms with Crippen LogP contribution in [0.2, 0.25) is 5.02 Å². The van der Waals surface area contributed by atoms with Gasteiger partial charge in [-0.15, -0.1) is 23.4 Å². The number of carbonyl (C=O) groups is 1. The molecule has 3 aromatic rings. The molecule has 1 fully saturated rings. The quantitative estimate of drug-likeness (QED) is 0.272. The van der Waals surface area contributed by atoms with Crippen molar-refractivity contribution in [2.75, 3.05) is 0 Å². The molecule has 1 aromatic heterocycles. The largest absolute Gasteiger partial charge is 0.573 e. The van der Waals surface area contributed by atoms with Crippen molar-refractivity contribution in [3.8, 4) is 23.3 Å². The van der Waals surface area contributed by atoms with Gasteiger partial charge in [-0.3, -0.25) is 10.1 Å². The van der Waals surface area contributed by atoms with E-state index in [0.29, 0.717) is 22.9 Å². The van der Waals surface area contributed by atoms with Crippen molar-refractivity contribution in [3.05, 3.63) is 63.4 Å². The van der Waals surface area contributed by atoms with Crippen LogP contribution in [0.15, 0.2) is 51.4 Å². The minimum absolute atomic E-state index is 0.107. The van der Waals surface area contributed by atoms with Crippen LogP contribution < -0.4 is 15.4 Å². The van der Waals surface area contributed by atoms with Crippen molar-refractivity contribution in [2.24, 2.45) is 0 Å². The second-order valence-corrected chi connectivity index (χ2v) is 10.2. The summed E-state index contributed by atoms with van der Waals surface area (Å²) in [5.41, 5.74) is -0.764. The lowest BCUT2D eigenvalue weighted by atomic mass is 10.0. The van der Waals surface area contributed by atoms with Crippen molar-refractivity contribution in [1.82, 2.24) is 20.8 Å². The van der Waals surface area contributed by atoms with Crippen LogP contribution >= 0.6 is 27.5 Å². The highest BCUT2D eigenvalue weighted by molar-refractivity contribution is 9.10. The first-order chi connectivity index (χ1) is 18.7. The average Bonchev–Trinajstić information content (AvgIpc) is 3.47. The Morgan fingerprint density at radius 2 is 1.82 bits per heavy atom. The van der Waals surface area contributed by atoms with Gasteiger partial charge in [-0.1, -0.05) is 33.6 Å². The fraction of sp³-hybridized carbons (Fsp3) is 0.333. The molecule has 16 heteroatoms. The number of nitriles is 1. The Morgan fingerprint density at radius 1 is 1.15 bits per heavy atom. The molecule has 1 unspecified atom stereocenters. The molecule has 212 valence electrons. The molecule has 1 heterocycles. The Labute approximate surface area is 235 Å². The number of benzene rings is 2. The second-order valence-electron chi connectivity index (χ2n) is 8.85. The van der Waals surface area contributed by atoms with Crippen LogP contribution in [0.1, 0.15) is 30.3 Å². The van der Waals surface area contributed by atoms with Crippen molar-refractivity contribution in [1.29, 1.82) is 5.26 Å². The van der Waals surface area contributed by atoms with Crippen LogP contribution in [0, 0.1) is 11.3 Å². The van der Waals surface area contributed by atoms with Crippen LogP contribution in [0.3, 0.4) is 0 Å². The van der Waals surface area contributed by atoms with Crippen molar-refractivity contribution in [2.45, 2.75) is 49.4 Å². The fourth-order valence-corrected chi connectivity index (χ4v) is 4.13. The summed E-state index contributed by atoms with van der Waals surface area (Å²) in [6.07, 6.45) is -9.89. The van der Waals surface area contributed by atoms with E-state index >= 15 is 0 Å². The van der Waals surface area contributed by atoms with Gasteiger partial charge in [-0.2, -0.15) is 18.4 Å². The van der Waals surface area contributed by atoms with Gasteiger partial charge >= 0.3 is 12.5 Å². The average molecular weight is 653 g/mol. The smallest absolute Gasteiger partial charge is 0.419 e. The van der Waals surface area contributed by atoms with Gasteiger partial charge in [-0.05, 0) is 61.2 Å². The van der Waals surface area contributed by atoms with Crippen molar-refractivity contribution >= 4 is 33.4 Å². The first-order valence-corrected chi connectivity index (χ1v) is 12.5.